The number of phenolic OH excluding ortho intramolecular Hbond substituents is 1. The number of aliphatic imine (C=N–C) groups is 1. The Balaban J connectivity index is 2.04. The van der Waals surface area contributed by atoms with E-state index in [0.717, 1.165) is 5.56 Å². The van der Waals surface area contributed by atoms with Crippen LogP contribution in [-0.4, -0.2) is 70.6 Å². The second kappa shape index (κ2) is 15.7. The molecule has 0 saturated carbocycles. The third kappa shape index (κ3) is 11.0. The van der Waals surface area contributed by atoms with Gasteiger partial charge in [0.25, 0.3) is 0 Å². The molecular formula is C27H37N7O6. The van der Waals surface area contributed by atoms with Crippen molar-refractivity contribution in [3.05, 3.63) is 65.7 Å². The summed E-state index contributed by atoms with van der Waals surface area (Å²) in [5, 5.41) is 26.6. The molecule has 0 radical (unpaired) electrons. The number of aliphatic carboxylic acids is 1. The summed E-state index contributed by atoms with van der Waals surface area (Å²) in [6, 6.07) is 10.5. The Morgan fingerprint density at radius 2 is 1.40 bits per heavy atom. The Morgan fingerprint density at radius 1 is 0.825 bits per heavy atom. The van der Waals surface area contributed by atoms with Gasteiger partial charge < -0.3 is 43.4 Å². The molecule has 3 amide bonds. The fourth-order valence-corrected chi connectivity index (χ4v) is 3.73. The monoisotopic (exact) mass is 555 g/mol. The second-order valence-electron chi connectivity index (χ2n) is 9.31. The summed E-state index contributed by atoms with van der Waals surface area (Å²) in [4.78, 5) is 54.3. The predicted molar refractivity (Wildman–Crippen MR) is 149 cm³/mol. The van der Waals surface area contributed by atoms with Gasteiger partial charge in [-0.25, -0.2) is 4.79 Å². The van der Waals surface area contributed by atoms with Crippen LogP contribution < -0.4 is 33.2 Å². The summed E-state index contributed by atoms with van der Waals surface area (Å²) in [7, 11) is 0. The van der Waals surface area contributed by atoms with Crippen molar-refractivity contribution < 1.29 is 29.4 Å². The van der Waals surface area contributed by atoms with Crippen LogP contribution in [0.1, 0.15) is 30.9 Å². The molecule has 0 bridgehead atoms. The van der Waals surface area contributed by atoms with Crippen LogP contribution in [0.5, 0.6) is 5.75 Å². The molecule has 216 valence electrons. The Morgan fingerprint density at radius 3 is 2.00 bits per heavy atom. The minimum Gasteiger partial charge on any atom is -0.508 e. The summed E-state index contributed by atoms with van der Waals surface area (Å²) in [6.45, 7) is 1.71. The number of aromatic hydroxyl groups is 1. The van der Waals surface area contributed by atoms with Crippen LogP contribution in [-0.2, 0) is 32.0 Å². The maximum absolute atomic E-state index is 13.2. The van der Waals surface area contributed by atoms with Crippen LogP contribution in [0.4, 0.5) is 0 Å². The molecule has 2 rings (SSSR count). The number of nitrogens with two attached hydrogens (primary N) is 3. The van der Waals surface area contributed by atoms with Crippen molar-refractivity contribution >= 4 is 29.7 Å². The minimum atomic E-state index is -1.27. The number of benzene rings is 2. The van der Waals surface area contributed by atoms with Gasteiger partial charge >= 0.3 is 5.97 Å². The summed E-state index contributed by atoms with van der Waals surface area (Å²) in [5.41, 5.74) is 17.9. The number of guanidine groups is 1. The molecule has 4 unspecified atom stereocenters. The van der Waals surface area contributed by atoms with E-state index in [1.165, 1.54) is 19.1 Å². The molecule has 11 N–H and O–H groups in total. The number of phenols is 1. The topological polar surface area (TPSA) is 235 Å². The van der Waals surface area contributed by atoms with Crippen molar-refractivity contribution in [3.63, 3.8) is 0 Å². The first-order valence-corrected chi connectivity index (χ1v) is 12.7. The highest BCUT2D eigenvalue weighted by Gasteiger charge is 2.28. The number of nitrogens with zero attached hydrogens (tertiary/aromatic N) is 1. The lowest BCUT2D eigenvalue weighted by Crippen LogP contribution is -2.57. The standard InChI is InChI=1S/C27H37N7O6/c1-16(23(36)34-22(26(39)40)15-18-9-11-19(35)12-10-18)32-25(38)21(14-17-6-3-2-4-7-17)33-24(37)20(28)8-5-13-31-27(29)30/h2-4,6-7,9-12,16,20-22,35H,5,8,13-15,28H2,1H3,(H,32,38)(H,33,37)(H,34,36)(H,39,40)(H4,29,30,31). The van der Waals surface area contributed by atoms with E-state index in [9.17, 15) is 29.4 Å². The number of carbonyl (C=O) groups excluding carboxylic acids is 3. The molecule has 0 fully saturated rings. The fraction of sp³-hybridized carbons (Fsp3) is 0.370. The molecule has 0 heterocycles. The van der Waals surface area contributed by atoms with Gasteiger partial charge in [-0.15, -0.1) is 0 Å². The van der Waals surface area contributed by atoms with Crippen LogP contribution in [0, 0.1) is 0 Å². The molecule has 0 aliphatic carbocycles. The lowest BCUT2D eigenvalue weighted by atomic mass is 10.0. The average Bonchev–Trinajstić information content (AvgIpc) is 2.91. The first-order chi connectivity index (χ1) is 19.0. The number of carboxylic acid groups (broad SMARTS) is 1. The Bertz CT molecular complexity index is 1170. The quantitative estimate of drug-likeness (QED) is 0.0772. The first-order valence-electron chi connectivity index (χ1n) is 12.7. The molecule has 13 nitrogen and oxygen atoms in total. The van der Waals surface area contributed by atoms with Crippen LogP contribution >= 0.6 is 0 Å². The van der Waals surface area contributed by atoms with Crippen LogP contribution in [0.2, 0.25) is 0 Å². The molecule has 2 aromatic carbocycles. The van der Waals surface area contributed by atoms with Crippen molar-refractivity contribution in [2.24, 2.45) is 22.2 Å². The summed E-state index contributed by atoms with van der Waals surface area (Å²) in [5.74, 6) is -3.22. The van der Waals surface area contributed by atoms with Gasteiger partial charge in [-0.1, -0.05) is 42.5 Å². The summed E-state index contributed by atoms with van der Waals surface area (Å²) >= 11 is 0. The van der Waals surface area contributed by atoms with Gasteiger partial charge in [-0.3, -0.25) is 19.4 Å². The minimum absolute atomic E-state index is 0.0278. The largest absolute Gasteiger partial charge is 0.508 e. The summed E-state index contributed by atoms with van der Waals surface area (Å²) < 4.78 is 0. The maximum atomic E-state index is 13.2. The highest BCUT2D eigenvalue weighted by atomic mass is 16.4. The number of hydrogen-bond acceptors (Lipinski definition) is 7. The maximum Gasteiger partial charge on any atom is 0.326 e. The highest BCUT2D eigenvalue weighted by molar-refractivity contribution is 5.94. The van der Waals surface area contributed by atoms with Crippen molar-refractivity contribution in [1.82, 2.24) is 16.0 Å². The highest BCUT2D eigenvalue weighted by Crippen LogP contribution is 2.12. The molecule has 0 aromatic heterocycles. The molecular weight excluding hydrogens is 518 g/mol. The van der Waals surface area contributed by atoms with E-state index >= 15 is 0 Å². The van der Waals surface area contributed by atoms with Gasteiger partial charge in [0, 0.05) is 19.4 Å². The van der Waals surface area contributed by atoms with Crippen molar-refractivity contribution in [3.8, 4) is 5.75 Å². The molecule has 0 aliphatic heterocycles. The van der Waals surface area contributed by atoms with E-state index in [-0.39, 0.29) is 31.0 Å². The zero-order valence-electron chi connectivity index (χ0n) is 22.2. The first kappa shape index (κ1) is 31.6. The number of carbonyl (C=O) groups is 4. The van der Waals surface area contributed by atoms with Gasteiger partial charge in [0.1, 0.15) is 23.9 Å². The average molecular weight is 556 g/mol. The number of nitrogens with one attached hydrogen (secondary N) is 3. The normalized spacial score (nSPS) is 13.7. The third-order valence-corrected chi connectivity index (χ3v) is 5.96. The number of carboxylic acids is 1. The predicted octanol–water partition coefficient (Wildman–Crippen LogP) is -0.883. The molecule has 0 saturated heterocycles. The van der Waals surface area contributed by atoms with Crippen molar-refractivity contribution in [1.29, 1.82) is 0 Å². The molecule has 2 aromatic rings. The van der Waals surface area contributed by atoms with Crippen molar-refractivity contribution in [2.75, 3.05) is 6.54 Å². The van der Waals surface area contributed by atoms with Gasteiger partial charge in [-0.05, 0) is 43.0 Å². The molecule has 0 spiro atoms. The molecule has 13 heteroatoms. The van der Waals surface area contributed by atoms with Crippen LogP contribution in [0.25, 0.3) is 0 Å². The van der Waals surface area contributed by atoms with Gasteiger partial charge in [-0.2, -0.15) is 0 Å². The van der Waals surface area contributed by atoms with Crippen molar-refractivity contribution in [2.45, 2.75) is 56.8 Å². The third-order valence-electron chi connectivity index (χ3n) is 5.96. The molecule has 4 atom stereocenters. The number of rotatable bonds is 15. The Labute approximate surface area is 232 Å². The van der Waals surface area contributed by atoms with E-state index in [0.29, 0.717) is 18.5 Å². The smallest absolute Gasteiger partial charge is 0.326 e. The fourth-order valence-electron chi connectivity index (χ4n) is 3.73. The Hall–Kier alpha value is -4.65. The van der Waals surface area contributed by atoms with Crippen LogP contribution in [0.15, 0.2) is 59.6 Å². The number of hydrogen-bond donors (Lipinski definition) is 8. The van der Waals surface area contributed by atoms with E-state index in [1.54, 1.807) is 36.4 Å². The van der Waals surface area contributed by atoms with Gasteiger partial charge in [0.15, 0.2) is 5.96 Å². The van der Waals surface area contributed by atoms with E-state index in [1.807, 2.05) is 6.07 Å². The van der Waals surface area contributed by atoms with E-state index < -0.39 is 47.9 Å². The summed E-state index contributed by atoms with van der Waals surface area (Å²) in [6.07, 6.45) is 0.828. The zero-order chi connectivity index (χ0) is 29.7. The van der Waals surface area contributed by atoms with Crippen LogP contribution in [0.3, 0.4) is 0 Å². The molecule has 40 heavy (non-hydrogen) atoms. The zero-order valence-corrected chi connectivity index (χ0v) is 22.2. The number of amides is 3. The molecule has 0 aliphatic rings. The second-order valence-corrected chi connectivity index (χ2v) is 9.31. The van der Waals surface area contributed by atoms with Gasteiger partial charge in [0.2, 0.25) is 17.7 Å². The Kier molecular flexibility index (Phi) is 12.4. The van der Waals surface area contributed by atoms with E-state index in [2.05, 4.69) is 20.9 Å². The van der Waals surface area contributed by atoms with E-state index in [4.69, 9.17) is 17.2 Å². The lowest BCUT2D eigenvalue weighted by Gasteiger charge is -2.24. The lowest BCUT2D eigenvalue weighted by molar-refractivity contribution is -0.142. The SMILES string of the molecule is CC(NC(=O)C(Cc1ccccc1)NC(=O)C(N)CCCN=C(N)N)C(=O)NC(Cc1ccc(O)cc1)C(=O)O. The van der Waals surface area contributed by atoms with Gasteiger partial charge in [0.05, 0.1) is 6.04 Å².